The van der Waals surface area contributed by atoms with Crippen molar-refractivity contribution in [3.8, 4) is 0 Å². The van der Waals surface area contributed by atoms with E-state index in [-0.39, 0.29) is 22.9 Å². The lowest BCUT2D eigenvalue weighted by molar-refractivity contribution is -0.135. The Morgan fingerprint density at radius 3 is 2.35 bits per heavy atom. The molecule has 3 amide bonds. The molecule has 2 heterocycles. The number of amides is 3. The molecule has 0 atom stereocenters. The van der Waals surface area contributed by atoms with Crippen molar-refractivity contribution < 1.29 is 27.5 Å². The quantitative estimate of drug-likeness (QED) is 0.513. The molecule has 10 nitrogen and oxygen atoms in total. The molecule has 1 aromatic heterocycles. The van der Waals surface area contributed by atoms with Gasteiger partial charge >= 0.3 is 0 Å². The smallest absolute Gasteiger partial charge is 0.248 e. The fraction of sp³-hybridized carbons (Fsp3) is 0.261. The van der Waals surface area contributed by atoms with Crippen molar-refractivity contribution in [1.82, 2.24) is 9.47 Å². The number of sulfone groups is 1. The molecule has 0 radical (unpaired) electrons. The van der Waals surface area contributed by atoms with Crippen molar-refractivity contribution in [3.63, 3.8) is 0 Å². The zero-order chi connectivity index (χ0) is 24.3. The predicted octanol–water partition coefficient (Wildman–Crippen LogP) is 1.01. The lowest BCUT2D eigenvalue weighted by atomic mass is 10.2. The van der Waals surface area contributed by atoms with Gasteiger partial charge in [0.1, 0.15) is 12.3 Å². The van der Waals surface area contributed by atoms with Crippen LogP contribution in [0.15, 0.2) is 59.6 Å². The van der Waals surface area contributed by atoms with E-state index in [4.69, 9.17) is 10.5 Å². The van der Waals surface area contributed by atoms with Crippen LogP contribution in [0.4, 0.5) is 5.69 Å². The summed E-state index contributed by atoms with van der Waals surface area (Å²) in [7, 11) is -4.02. The van der Waals surface area contributed by atoms with Crippen molar-refractivity contribution in [1.29, 1.82) is 0 Å². The summed E-state index contributed by atoms with van der Waals surface area (Å²) >= 11 is 0. The van der Waals surface area contributed by atoms with Gasteiger partial charge in [-0.05, 0) is 30.3 Å². The Bertz CT molecular complexity index is 1340. The van der Waals surface area contributed by atoms with Crippen molar-refractivity contribution in [2.45, 2.75) is 11.4 Å². The number of anilines is 1. The molecule has 1 saturated heterocycles. The van der Waals surface area contributed by atoms with Gasteiger partial charge in [-0.1, -0.05) is 18.2 Å². The molecule has 11 heteroatoms. The number of ether oxygens (including phenoxy) is 1. The summed E-state index contributed by atoms with van der Waals surface area (Å²) in [5, 5.41) is 2.96. The van der Waals surface area contributed by atoms with Crippen LogP contribution in [0.5, 0.6) is 0 Å². The molecule has 4 rings (SSSR count). The minimum Gasteiger partial charge on any atom is -0.378 e. The lowest BCUT2D eigenvalue weighted by Crippen LogP contribution is -2.42. The molecule has 1 aliphatic heterocycles. The van der Waals surface area contributed by atoms with Gasteiger partial charge in [-0.15, -0.1) is 0 Å². The molecule has 3 N–H and O–H groups in total. The highest BCUT2D eigenvalue weighted by Gasteiger charge is 2.26. The van der Waals surface area contributed by atoms with E-state index in [0.29, 0.717) is 42.9 Å². The normalized spacial score (nSPS) is 14.2. The van der Waals surface area contributed by atoms with E-state index in [1.165, 1.54) is 30.5 Å². The van der Waals surface area contributed by atoms with Crippen LogP contribution in [0, 0.1) is 0 Å². The van der Waals surface area contributed by atoms with E-state index in [1.807, 2.05) is 0 Å². The van der Waals surface area contributed by atoms with Gasteiger partial charge in [0.25, 0.3) is 0 Å². The Kier molecular flexibility index (Phi) is 6.66. The van der Waals surface area contributed by atoms with Crippen LogP contribution in [0.3, 0.4) is 0 Å². The van der Waals surface area contributed by atoms with Crippen molar-refractivity contribution >= 4 is 44.1 Å². The van der Waals surface area contributed by atoms with Crippen LogP contribution in [0.1, 0.15) is 10.4 Å². The third-order valence-corrected chi connectivity index (χ3v) is 7.17. The first-order chi connectivity index (χ1) is 16.2. The molecule has 0 bridgehead atoms. The molecular formula is C23H24N4O6S. The third-order valence-electron chi connectivity index (χ3n) is 5.53. The maximum absolute atomic E-state index is 13.1. The maximum Gasteiger partial charge on any atom is 0.248 e. The minimum atomic E-state index is -4.02. The molecule has 34 heavy (non-hydrogen) atoms. The first-order valence-electron chi connectivity index (χ1n) is 10.6. The predicted molar refractivity (Wildman–Crippen MR) is 125 cm³/mol. The highest BCUT2D eigenvalue weighted by molar-refractivity contribution is 7.92. The molecule has 1 fully saturated rings. The van der Waals surface area contributed by atoms with Crippen LogP contribution in [-0.4, -0.2) is 67.7 Å². The van der Waals surface area contributed by atoms with Gasteiger partial charge in [-0.2, -0.15) is 0 Å². The Balaban J connectivity index is 1.54. The zero-order valence-electron chi connectivity index (χ0n) is 18.3. The van der Waals surface area contributed by atoms with E-state index in [1.54, 1.807) is 33.7 Å². The first-order valence-corrected chi connectivity index (χ1v) is 12.3. The van der Waals surface area contributed by atoms with Gasteiger partial charge in [-0.3, -0.25) is 14.4 Å². The number of benzene rings is 2. The number of nitrogens with zero attached hydrogens (tertiary/aromatic N) is 2. The Labute approximate surface area is 196 Å². The van der Waals surface area contributed by atoms with Crippen molar-refractivity contribution in [3.05, 3.63) is 60.3 Å². The number of carbonyl (C=O) groups is 3. The number of morpholine rings is 1. The first kappa shape index (κ1) is 23.5. The number of hydrogen-bond donors (Lipinski definition) is 2. The average Bonchev–Trinajstić information content (AvgIpc) is 3.19. The van der Waals surface area contributed by atoms with Crippen molar-refractivity contribution in [2.75, 3.05) is 37.4 Å². The second-order valence-corrected chi connectivity index (χ2v) is 9.84. The van der Waals surface area contributed by atoms with Crippen LogP contribution in [0.2, 0.25) is 0 Å². The van der Waals surface area contributed by atoms with Crippen LogP contribution in [-0.2, 0) is 30.7 Å². The number of nitrogens with two attached hydrogens (primary N) is 1. The Hall–Kier alpha value is -3.70. The number of nitrogens with one attached hydrogen (secondary N) is 1. The third kappa shape index (κ3) is 5.10. The van der Waals surface area contributed by atoms with Gasteiger partial charge in [0, 0.05) is 41.4 Å². The molecule has 0 saturated carbocycles. The van der Waals surface area contributed by atoms with Gasteiger partial charge in [0.2, 0.25) is 17.7 Å². The highest BCUT2D eigenvalue weighted by atomic mass is 32.2. The standard InChI is InChI=1S/C23H24N4O6S/c24-23(30)16-5-7-17(8-6-16)25-21(28)15-34(31,32)20-13-27(19-4-2-1-3-18(19)20)14-22(29)26-9-11-33-12-10-26/h1-8,13H,9-12,14-15H2,(H2,24,30)(H,25,28). The largest absolute Gasteiger partial charge is 0.378 e. The topological polar surface area (TPSA) is 141 Å². The van der Waals surface area contributed by atoms with E-state index in [9.17, 15) is 22.8 Å². The molecule has 178 valence electrons. The van der Waals surface area contributed by atoms with E-state index in [2.05, 4.69) is 5.32 Å². The van der Waals surface area contributed by atoms with Crippen molar-refractivity contribution in [2.24, 2.45) is 5.73 Å². The number of rotatable bonds is 7. The molecule has 0 unspecified atom stereocenters. The van der Waals surface area contributed by atoms with Gasteiger partial charge in [0.05, 0.1) is 18.1 Å². The number of para-hydroxylation sites is 1. The van der Waals surface area contributed by atoms with Crippen LogP contribution < -0.4 is 11.1 Å². The second kappa shape index (κ2) is 9.65. The van der Waals surface area contributed by atoms with Gasteiger partial charge < -0.3 is 25.3 Å². The molecule has 0 aliphatic carbocycles. The molecule has 2 aromatic carbocycles. The van der Waals surface area contributed by atoms with Crippen LogP contribution >= 0.6 is 0 Å². The minimum absolute atomic E-state index is 0.0166. The summed E-state index contributed by atoms with van der Waals surface area (Å²) in [6, 6.07) is 12.7. The number of primary amides is 1. The van der Waals surface area contributed by atoms with E-state index < -0.39 is 27.4 Å². The summed E-state index contributed by atoms with van der Waals surface area (Å²) < 4.78 is 33.2. The maximum atomic E-state index is 13.1. The molecule has 1 aliphatic rings. The van der Waals surface area contributed by atoms with E-state index in [0.717, 1.165) is 0 Å². The molecule has 0 spiro atoms. The number of aromatic nitrogens is 1. The fourth-order valence-corrected chi connectivity index (χ4v) is 5.18. The number of fused-ring (bicyclic) bond motifs is 1. The number of hydrogen-bond acceptors (Lipinski definition) is 6. The van der Waals surface area contributed by atoms with E-state index >= 15 is 0 Å². The average molecular weight is 485 g/mol. The highest BCUT2D eigenvalue weighted by Crippen LogP contribution is 2.27. The zero-order valence-corrected chi connectivity index (χ0v) is 19.1. The lowest BCUT2D eigenvalue weighted by Gasteiger charge is -2.27. The van der Waals surface area contributed by atoms with Gasteiger partial charge in [0.15, 0.2) is 9.84 Å². The molecular weight excluding hydrogens is 460 g/mol. The summed E-state index contributed by atoms with van der Waals surface area (Å²) in [4.78, 5) is 38.0. The Morgan fingerprint density at radius 2 is 1.68 bits per heavy atom. The number of carbonyl (C=O) groups excluding carboxylic acids is 3. The SMILES string of the molecule is NC(=O)c1ccc(NC(=O)CS(=O)(=O)c2cn(CC(=O)N3CCOCC3)c3ccccc23)cc1. The van der Waals surface area contributed by atoms with Crippen LogP contribution in [0.25, 0.3) is 10.9 Å². The molecule has 3 aromatic rings. The monoisotopic (exact) mass is 484 g/mol. The van der Waals surface area contributed by atoms with Gasteiger partial charge in [-0.25, -0.2) is 8.42 Å². The fourth-order valence-electron chi connectivity index (χ4n) is 3.82. The Morgan fingerprint density at radius 1 is 1.00 bits per heavy atom. The summed E-state index contributed by atoms with van der Waals surface area (Å²) in [6.45, 7) is 1.90. The summed E-state index contributed by atoms with van der Waals surface area (Å²) in [5.74, 6) is -2.25. The second-order valence-electron chi connectivity index (χ2n) is 7.88. The summed E-state index contributed by atoms with van der Waals surface area (Å²) in [6.07, 6.45) is 1.41. The summed E-state index contributed by atoms with van der Waals surface area (Å²) in [5.41, 5.74) is 6.39.